The van der Waals surface area contributed by atoms with Gasteiger partial charge in [0.15, 0.2) is 0 Å². The van der Waals surface area contributed by atoms with Crippen LogP contribution < -0.4 is 15.2 Å². The van der Waals surface area contributed by atoms with Gasteiger partial charge in [0.25, 0.3) is 11.7 Å². The van der Waals surface area contributed by atoms with E-state index in [0.717, 1.165) is 17.7 Å². The van der Waals surface area contributed by atoms with E-state index >= 15 is 4.39 Å². The minimum Gasteiger partial charge on any atom is -0.497 e. The van der Waals surface area contributed by atoms with Gasteiger partial charge in [-0.05, 0) is 131 Å². The van der Waals surface area contributed by atoms with Crippen LogP contribution in [0.3, 0.4) is 0 Å². The van der Waals surface area contributed by atoms with Crippen molar-refractivity contribution >= 4 is 23.4 Å². The summed E-state index contributed by atoms with van der Waals surface area (Å²) in [5.74, 6) is -6.43. The quantitative estimate of drug-likeness (QED) is 0.158. The molecular weight excluding hydrogens is 812 g/mol. The fourth-order valence-electron chi connectivity index (χ4n) is 10.0. The highest BCUT2D eigenvalue weighted by atomic mass is 19.1. The van der Waals surface area contributed by atoms with Gasteiger partial charge in [-0.3, -0.25) is 14.4 Å². The highest BCUT2D eigenvalue weighted by Crippen LogP contribution is 2.40. The zero-order valence-electron chi connectivity index (χ0n) is 38.9. The highest BCUT2D eigenvalue weighted by Gasteiger charge is 2.56. The maximum absolute atomic E-state index is 16.3. The number of hydrogen-bond acceptors (Lipinski definition) is 12. The smallest absolute Gasteiger partial charge is 0.329 e. The van der Waals surface area contributed by atoms with Gasteiger partial charge in [0.2, 0.25) is 5.79 Å². The third kappa shape index (κ3) is 12.0. The molecule has 1 aromatic carbocycles. The monoisotopic (exact) mass is 885 g/mol. The van der Waals surface area contributed by atoms with Gasteiger partial charge in [0, 0.05) is 45.1 Å². The van der Waals surface area contributed by atoms with Crippen molar-refractivity contribution in [3.8, 4) is 11.5 Å². The van der Waals surface area contributed by atoms with Crippen LogP contribution in [0.15, 0.2) is 47.6 Å². The first-order valence-electron chi connectivity index (χ1n) is 23.1. The molecule has 3 aliphatic heterocycles. The van der Waals surface area contributed by atoms with Gasteiger partial charge in [-0.1, -0.05) is 39.8 Å². The van der Waals surface area contributed by atoms with Crippen molar-refractivity contribution in [2.24, 2.45) is 35.3 Å². The van der Waals surface area contributed by atoms with Crippen molar-refractivity contribution < 1.29 is 57.1 Å². The second-order valence-corrected chi connectivity index (χ2v) is 18.7. The molecule has 14 unspecified atom stereocenters. The van der Waals surface area contributed by atoms with Crippen molar-refractivity contribution in [2.45, 2.75) is 167 Å². The van der Waals surface area contributed by atoms with Crippen molar-refractivity contribution in [3.05, 3.63) is 47.6 Å². The molecule has 0 aromatic heterocycles. The number of ether oxygens (including phenoxy) is 6. The molecule has 1 aliphatic carbocycles. The van der Waals surface area contributed by atoms with E-state index < -0.39 is 77.8 Å². The van der Waals surface area contributed by atoms with Crippen LogP contribution in [0.25, 0.3) is 0 Å². The predicted octanol–water partition coefficient (Wildman–Crippen LogP) is 6.86. The lowest BCUT2D eigenvalue weighted by Gasteiger charge is -2.47. The Hall–Kier alpha value is -3.69. The summed E-state index contributed by atoms with van der Waals surface area (Å²) in [6, 6.07) is 6.09. The van der Waals surface area contributed by atoms with Gasteiger partial charge in [-0.25, -0.2) is 9.18 Å². The molecule has 2 saturated heterocycles. The first kappa shape index (κ1) is 50.3. The molecule has 5 rings (SSSR count). The number of piperidine rings is 1. The number of hydrogen-bond donors (Lipinski definition) is 2. The van der Waals surface area contributed by atoms with Gasteiger partial charge in [-0.2, -0.15) is 0 Å². The number of methoxy groups -OCH3 is 3. The summed E-state index contributed by atoms with van der Waals surface area (Å²) in [6.45, 7) is 10.9. The van der Waals surface area contributed by atoms with Gasteiger partial charge in [-0.15, -0.1) is 0 Å². The Kier molecular flexibility index (Phi) is 17.9. The lowest BCUT2D eigenvalue weighted by atomic mass is 9.81. The number of carbonyl (C=O) groups is 4. The van der Waals surface area contributed by atoms with Crippen LogP contribution >= 0.6 is 0 Å². The number of rotatable bonds is 8. The van der Waals surface area contributed by atoms with E-state index in [4.69, 9.17) is 34.2 Å². The number of carbonyl (C=O) groups excluding carboxylic acids is 4. The molecule has 14 atom stereocenters. The van der Waals surface area contributed by atoms with Crippen LogP contribution in [0.2, 0.25) is 0 Å². The lowest BCUT2D eigenvalue weighted by molar-refractivity contribution is -0.302. The van der Waals surface area contributed by atoms with E-state index in [1.54, 1.807) is 34.0 Å². The lowest BCUT2D eigenvalue weighted by Crippen LogP contribution is -2.64. The summed E-state index contributed by atoms with van der Waals surface area (Å²) in [5.41, 5.74) is 7.77. The molecule has 3 N–H and O–H groups in total. The van der Waals surface area contributed by atoms with Crippen LogP contribution in [-0.2, 0) is 38.1 Å². The summed E-state index contributed by atoms with van der Waals surface area (Å²) in [6.07, 6.45) is 3.67. The van der Waals surface area contributed by atoms with Crippen molar-refractivity contribution in [1.29, 1.82) is 0 Å². The van der Waals surface area contributed by atoms with Gasteiger partial charge < -0.3 is 44.2 Å². The summed E-state index contributed by atoms with van der Waals surface area (Å²) < 4.78 is 52.2. The maximum Gasteiger partial charge on any atom is 0.329 e. The average molecular weight is 885 g/mol. The van der Waals surface area contributed by atoms with Crippen molar-refractivity contribution in [1.82, 2.24) is 4.90 Å². The number of Topliss-reactive ketones (excluding diaryl/α,β-unsaturated/α-hetero) is 2. The van der Waals surface area contributed by atoms with Crippen LogP contribution in [0.1, 0.15) is 112 Å². The Bertz CT molecular complexity index is 1790. The molecule has 14 heteroatoms. The van der Waals surface area contributed by atoms with Crippen molar-refractivity contribution in [3.63, 3.8) is 0 Å². The zero-order chi connectivity index (χ0) is 46.2. The van der Waals surface area contributed by atoms with Crippen molar-refractivity contribution in [2.75, 3.05) is 27.9 Å². The fourth-order valence-corrected chi connectivity index (χ4v) is 10.0. The normalized spacial score (nSPS) is 38.1. The number of alkyl halides is 1. The molecule has 0 radical (unpaired) electrons. The number of ketones is 2. The largest absolute Gasteiger partial charge is 0.497 e. The molecule has 352 valence electrons. The van der Waals surface area contributed by atoms with E-state index in [1.165, 1.54) is 19.1 Å². The second kappa shape index (κ2) is 22.5. The predicted molar refractivity (Wildman–Crippen MR) is 236 cm³/mol. The average Bonchev–Trinajstić information content (AvgIpc) is 3.28. The zero-order valence-corrected chi connectivity index (χ0v) is 38.9. The molecule has 1 aromatic rings. The SMILES string of the molecule is CCC1/C=C(\C)C(F)C(C)CC(OC)C2OC(O)(C(=O)C(=O)N3CCCCC3C(=O)OC(C(C)=CC3CCC(N)C(Oc4ccc(OC)cc4)C3)C(C)CCC1=O)C(C)CC2OC. The Morgan fingerprint density at radius 3 is 2.24 bits per heavy atom. The summed E-state index contributed by atoms with van der Waals surface area (Å²) in [5, 5.41) is 12.1. The Morgan fingerprint density at radius 1 is 0.921 bits per heavy atom. The second-order valence-electron chi connectivity index (χ2n) is 18.7. The van der Waals surface area contributed by atoms with E-state index in [9.17, 15) is 24.3 Å². The number of amides is 1. The minimum absolute atomic E-state index is 0.0368. The summed E-state index contributed by atoms with van der Waals surface area (Å²) in [4.78, 5) is 58.2. The molecule has 4 aliphatic rings. The van der Waals surface area contributed by atoms with E-state index in [0.29, 0.717) is 49.8 Å². The van der Waals surface area contributed by atoms with Crippen LogP contribution in [0.4, 0.5) is 4.39 Å². The minimum atomic E-state index is -2.57. The maximum atomic E-state index is 16.3. The molecule has 3 heterocycles. The number of cyclic esters (lactones) is 1. The number of benzene rings is 1. The molecule has 0 spiro atoms. The fraction of sp³-hybridized carbons (Fsp3) is 0.714. The molecule has 1 amide bonds. The first-order valence-corrected chi connectivity index (χ1v) is 23.1. The standard InChI is InChI=1S/C49H73FN2O11/c1-10-34-24-29(3)43(50)30(4)25-41(59-8)45-42(60-9)26-32(6)49(57,63-45)46(54)47(55)52-22-12-11-13-38(52)48(56)62-44(28(2)14-21-39(34)53)31(5)23-33-15-20-37(51)40(27-33)61-36-18-16-35(58-7)17-19-36/h16-19,23-24,28,30,32-34,37-38,40-45,57H,10-15,20-22,25-27,51H2,1-9H3/b29-24+,31-23?. The molecule has 1 saturated carbocycles. The number of allylic oxidation sites excluding steroid dienone is 3. The van der Waals surface area contributed by atoms with Crippen LogP contribution in [-0.4, -0.2) is 116 Å². The topological polar surface area (TPSA) is 173 Å². The van der Waals surface area contributed by atoms with Gasteiger partial charge in [0.1, 0.15) is 47.8 Å². The number of fused-ring (bicyclic) bond motifs is 3. The van der Waals surface area contributed by atoms with E-state index in [-0.39, 0.29) is 62.0 Å². The number of nitrogens with zero attached hydrogens (tertiary/aromatic N) is 1. The molecule has 63 heavy (non-hydrogen) atoms. The summed E-state index contributed by atoms with van der Waals surface area (Å²) >= 11 is 0. The first-order chi connectivity index (χ1) is 29.9. The molecule has 3 fully saturated rings. The molecular formula is C49H73FN2O11. The number of nitrogens with two attached hydrogens (primary N) is 1. The molecule has 2 bridgehead atoms. The molecule has 13 nitrogen and oxygen atoms in total. The van der Waals surface area contributed by atoms with E-state index in [1.807, 2.05) is 45.0 Å². The third-order valence-corrected chi connectivity index (χ3v) is 14.1. The summed E-state index contributed by atoms with van der Waals surface area (Å²) in [7, 11) is 4.53. The van der Waals surface area contributed by atoms with E-state index in [2.05, 4.69) is 6.08 Å². The van der Waals surface area contributed by atoms with Gasteiger partial charge in [0.05, 0.1) is 19.3 Å². The number of aliphatic hydroxyl groups is 1. The third-order valence-electron chi connectivity index (χ3n) is 14.1. The number of esters is 1. The number of halogens is 1. The van der Waals surface area contributed by atoms with Gasteiger partial charge >= 0.3 is 5.97 Å². The Labute approximate surface area is 373 Å². The Balaban J connectivity index is 1.49. The van der Waals surface area contributed by atoms with Crippen LogP contribution in [0, 0.1) is 29.6 Å². The highest BCUT2D eigenvalue weighted by molar-refractivity contribution is 6.39. The van der Waals surface area contributed by atoms with Crippen LogP contribution in [0.5, 0.6) is 11.5 Å². The Morgan fingerprint density at radius 2 is 1.59 bits per heavy atom.